The zero-order valence-electron chi connectivity index (χ0n) is 12.1. The van der Waals surface area contributed by atoms with Crippen molar-refractivity contribution in [1.29, 1.82) is 0 Å². The van der Waals surface area contributed by atoms with E-state index in [9.17, 15) is 10.2 Å². The molecule has 5 heteroatoms. The molecule has 0 radical (unpaired) electrons. The number of unbranched alkanes of at least 4 members (excludes halogenated alkanes) is 5. The number of allylic oxidation sites excluding steroid dienone is 1. The first kappa shape index (κ1) is 17.6. The first-order valence-electron chi connectivity index (χ1n) is 7.51. The van der Waals surface area contributed by atoms with E-state index in [1.54, 1.807) is 0 Å². The number of rotatable bonds is 10. The average molecular weight is 288 g/mol. The summed E-state index contributed by atoms with van der Waals surface area (Å²) < 4.78 is 10.7. The second-order valence-corrected chi connectivity index (χ2v) is 5.29. The molecule has 0 aliphatic carbocycles. The van der Waals surface area contributed by atoms with Crippen LogP contribution >= 0.6 is 0 Å². The summed E-state index contributed by atoms with van der Waals surface area (Å²) in [5.74, 6) is 0. The molecule has 118 valence electrons. The maximum absolute atomic E-state index is 9.92. The third-order valence-corrected chi connectivity index (χ3v) is 3.62. The van der Waals surface area contributed by atoms with Crippen LogP contribution in [-0.4, -0.2) is 59.6 Å². The molecule has 1 aliphatic heterocycles. The van der Waals surface area contributed by atoms with E-state index in [1.165, 1.54) is 12.8 Å². The molecule has 0 spiro atoms. The monoisotopic (exact) mass is 288 g/mol. The number of hydrogen-bond donors (Lipinski definition) is 3. The summed E-state index contributed by atoms with van der Waals surface area (Å²) in [6.07, 6.45) is 5.40. The molecule has 0 bridgehead atoms. The van der Waals surface area contributed by atoms with Crippen LogP contribution in [0.2, 0.25) is 0 Å². The van der Waals surface area contributed by atoms with Gasteiger partial charge in [0.1, 0.15) is 24.4 Å². The van der Waals surface area contributed by atoms with Crippen molar-refractivity contribution in [2.45, 2.75) is 62.9 Å². The van der Waals surface area contributed by atoms with Crippen molar-refractivity contribution in [3.8, 4) is 0 Å². The van der Waals surface area contributed by atoms with Crippen molar-refractivity contribution in [3.63, 3.8) is 0 Å². The molecule has 1 heterocycles. The van der Waals surface area contributed by atoms with Crippen LogP contribution in [0.15, 0.2) is 12.7 Å². The van der Waals surface area contributed by atoms with Gasteiger partial charge in [0.2, 0.25) is 0 Å². The molecule has 0 amide bonds. The number of aliphatic hydroxyl groups is 3. The summed E-state index contributed by atoms with van der Waals surface area (Å²) in [4.78, 5) is 0. The summed E-state index contributed by atoms with van der Waals surface area (Å²) in [6.45, 7) is 4.03. The third kappa shape index (κ3) is 5.89. The zero-order valence-corrected chi connectivity index (χ0v) is 12.1. The Balaban J connectivity index is 2.11. The Kier molecular flexibility index (Phi) is 9.05. The topological polar surface area (TPSA) is 79.2 Å². The van der Waals surface area contributed by atoms with Gasteiger partial charge in [0.05, 0.1) is 13.2 Å². The van der Waals surface area contributed by atoms with Crippen LogP contribution in [-0.2, 0) is 9.47 Å². The molecular weight excluding hydrogens is 260 g/mol. The molecular formula is C15H28O5. The minimum absolute atomic E-state index is 0.0918. The lowest BCUT2D eigenvalue weighted by atomic mass is 10.0. The highest BCUT2D eigenvalue weighted by molar-refractivity contribution is 4.87. The molecule has 1 aliphatic rings. The van der Waals surface area contributed by atoms with Crippen LogP contribution in [0, 0.1) is 0 Å². The van der Waals surface area contributed by atoms with Crippen LogP contribution in [0.4, 0.5) is 0 Å². The van der Waals surface area contributed by atoms with Crippen molar-refractivity contribution in [1.82, 2.24) is 0 Å². The maximum Gasteiger partial charge on any atom is 0.114 e. The molecule has 3 N–H and O–H groups in total. The van der Waals surface area contributed by atoms with E-state index in [2.05, 4.69) is 6.58 Å². The van der Waals surface area contributed by atoms with Crippen LogP contribution in [0.3, 0.4) is 0 Å². The predicted octanol–water partition coefficient (Wildman–Crippen LogP) is 1.01. The van der Waals surface area contributed by atoms with E-state index in [-0.39, 0.29) is 13.2 Å². The fraction of sp³-hybridized carbons (Fsp3) is 0.867. The van der Waals surface area contributed by atoms with E-state index in [1.807, 2.05) is 6.08 Å². The highest BCUT2D eigenvalue weighted by Gasteiger charge is 2.38. The molecule has 0 saturated carbocycles. The van der Waals surface area contributed by atoms with Gasteiger partial charge in [-0.1, -0.05) is 25.3 Å². The fourth-order valence-corrected chi connectivity index (χ4v) is 2.37. The van der Waals surface area contributed by atoms with Crippen molar-refractivity contribution in [2.75, 3.05) is 19.8 Å². The Labute approximate surface area is 121 Å². The molecule has 0 aromatic heterocycles. The first-order chi connectivity index (χ1) is 9.70. The molecule has 4 atom stereocenters. The van der Waals surface area contributed by atoms with Gasteiger partial charge in [-0.05, 0) is 19.3 Å². The summed E-state index contributed by atoms with van der Waals surface area (Å²) in [5, 5.41) is 28.7. The standard InChI is InChI=1S/C15H28O5/c1-2-3-4-5-6-7-8-9-19-15-12(17)11-20-13(10-16)14(15)18/h2,12-18H,1,3-11H2/t12-,13+,14+,15+/m1/s1. The lowest BCUT2D eigenvalue weighted by Gasteiger charge is -2.37. The highest BCUT2D eigenvalue weighted by Crippen LogP contribution is 2.19. The SMILES string of the molecule is C=CCCCCCCCO[C@@H]1[C@@H](O)[C@H](CO)OC[C@H]1O. The Bertz CT molecular complexity index is 259. The van der Waals surface area contributed by atoms with Gasteiger partial charge < -0.3 is 24.8 Å². The van der Waals surface area contributed by atoms with Crippen LogP contribution in [0.5, 0.6) is 0 Å². The summed E-state index contributed by atoms with van der Waals surface area (Å²) in [5.41, 5.74) is 0. The van der Waals surface area contributed by atoms with Crippen molar-refractivity contribution in [2.24, 2.45) is 0 Å². The van der Waals surface area contributed by atoms with E-state index >= 15 is 0 Å². The van der Waals surface area contributed by atoms with E-state index in [4.69, 9.17) is 14.6 Å². The highest BCUT2D eigenvalue weighted by atomic mass is 16.6. The summed E-state index contributed by atoms with van der Waals surface area (Å²) >= 11 is 0. The molecule has 5 nitrogen and oxygen atoms in total. The van der Waals surface area contributed by atoms with E-state index in [0.717, 1.165) is 25.7 Å². The molecule has 1 fully saturated rings. The van der Waals surface area contributed by atoms with Gasteiger partial charge in [0.15, 0.2) is 0 Å². The lowest BCUT2D eigenvalue weighted by Crippen LogP contribution is -2.55. The van der Waals surface area contributed by atoms with Crippen molar-refractivity contribution >= 4 is 0 Å². The molecule has 0 unspecified atom stereocenters. The normalized spacial score (nSPS) is 30.4. The minimum Gasteiger partial charge on any atom is -0.394 e. The zero-order chi connectivity index (χ0) is 14.8. The van der Waals surface area contributed by atoms with Gasteiger partial charge in [-0.15, -0.1) is 6.58 Å². The Morgan fingerprint density at radius 3 is 2.55 bits per heavy atom. The third-order valence-electron chi connectivity index (χ3n) is 3.62. The molecule has 20 heavy (non-hydrogen) atoms. The van der Waals surface area contributed by atoms with Crippen LogP contribution < -0.4 is 0 Å². The lowest BCUT2D eigenvalue weighted by molar-refractivity contribution is -0.210. The molecule has 0 aromatic rings. The van der Waals surface area contributed by atoms with Gasteiger partial charge >= 0.3 is 0 Å². The Morgan fingerprint density at radius 2 is 1.85 bits per heavy atom. The van der Waals surface area contributed by atoms with Gasteiger partial charge in [-0.2, -0.15) is 0 Å². The minimum atomic E-state index is -0.976. The molecule has 0 aromatic carbocycles. The Morgan fingerprint density at radius 1 is 1.15 bits per heavy atom. The van der Waals surface area contributed by atoms with Gasteiger partial charge in [0, 0.05) is 6.61 Å². The first-order valence-corrected chi connectivity index (χ1v) is 7.51. The van der Waals surface area contributed by atoms with E-state index in [0.29, 0.717) is 6.61 Å². The number of ether oxygens (including phenoxy) is 2. The molecule has 1 saturated heterocycles. The summed E-state index contributed by atoms with van der Waals surface area (Å²) in [6, 6.07) is 0. The van der Waals surface area contributed by atoms with Crippen LogP contribution in [0.1, 0.15) is 38.5 Å². The van der Waals surface area contributed by atoms with Crippen molar-refractivity contribution < 1.29 is 24.8 Å². The van der Waals surface area contributed by atoms with E-state index < -0.39 is 24.4 Å². The smallest absolute Gasteiger partial charge is 0.114 e. The predicted molar refractivity (Wildman–Crippen MR) is 76.5 cm³/mol. The average Bonchev–Trinajstić information content (AvgIpc) is 2.45. The van der Waals surface area contributed by atoms with Gasteiger partial charge in [0.25, 0.3) is 0 Å². The number of hydrogen-bond acceptors (Lipinski definition) is 5. The fourth-order valence-electron chi connectivity index (χ4n) is 2.37. The molecule has 1 rings (SSSR count). The van der Waals surface area contributed by atoms with Crippen LogP contribution in [0.25, 0.3) is 0 Å². The second kappa shape index (κ2) is 10.3. The Hall–Kier alpha value is -0.460. The maximum atomic E-state index is 9.92. The quantitative estimate of drug-likeness (QED) is 0.413. The second-order valence-electron chi connectivity index (χ2n) is 5.29. The van der Waals surface area contributed by atoms with Crippen molar-refractivity contribution in [3.05, 3.63) is 12.7 Å². The largest absolute Gasteiger partial charge is 0.394 e. The summed E-state index contributed by atoms with van der Waals surface area (Å²) in [7, 11) is 0. The van der Waals surface area contributed by atoms with Gasteiger partial charge in [-0.25, -0.2) is 0 Å². The number of aliphatic hydroxyl groups excluding tert-OH is 3. The van der Waals surface area contributed by atoms with Gasteiger partial charge in [-0.3, -0.25) is 0 Å².